The number of carbonyl (C=O) groups excluding carboxylic acids is 1. The maximum absolute atomic E-state index is 12.7. The van der Waals surface area contributed by atoms with Crippen LogP contribution in [-0.2, 0) is 0 Å². The smallest absolute Gasteiger partial charge is 0.253 e. The Kier molecular flexibility index (Phi) is 5.02. The SMILES string of the molecule is O=C(c1cc(Br)cc(Br)c1)N1CCCC(C2CCCN2)C1. The molecule has 2 aliphatic rings. The summed E-state index contributed by atoms with van der Waals surface area (Å²) in [5.41, 5.74) is 0.760. The number of rotatable bonds is 2. The molecule has 0 spiro atoms. The molecule has 3 nitrogen and oxygen atoms in total. The molecular weight excluding hydrogens is 396 g/mol. The van der Waals surface area contributed by atoms with Crippen LogP contribution in [0.15, 0.2) is 27.1 Å². The van der Waals surface area contributed by atoms with Gasteiger partial charge in [-0.05, 0) is 56.3 Å². The van der Waals surface area contributed by atoms with Gasteiger partial charge in [-0.25, -0.2) is 0 Å². The summed E-state index contributed by atoms with van der Waals surface area (Å²) < 4.78 is 1.87. The van der Waals surface area contributed by atoms with Crippen LogP contribution in [0.1, 0.15) is 36.0 Å². The number of amides is 1. The first-order chi connectivity index (χ1) is 10.1. The van der Waals surface area contributed by atoms with E-state index in [0.29, 0.717) is 12.0 Å². The van der Waals surface area contributed by atoms with E-state index in [9.17, 15) is 4.79 Å². The number of nitrogens with zero attached hydrogens (tertiary/aromatic N) is 1. The van der Waals surface area contributed by atoms with Gasteiger partial charge in [0.1, 0.15) is 0 Å². The zero-order valence-corrected chi connectivity index (χ0v) is 15.1. The number of hydrogen-bond donors (Lipinski definition) is 1. The Bertz CT molecular complexity index is 509. The Balaban J connectivity index is 1.71. The minimum Gasteiger partial charge on any atom is -0.338 e. The third-order valence-electron chi connectivity index (χ3n) is 4.52. The number of halogens is 2. The normalized spacial score (nSPS) is 26.1. The topological polar surface area (TPSA) is 32.3 Å². The van der Waals surface area contributed by atoms with Crippen molar-refractivity contribution >= 4 is 37.8 Å². The fraction of sp³-hybridized carbons (Fsp3) is 0.562. The highest BCUT2D eigenvalue weighted by Gasteiger charge is 2.31. The zero-order valence-electron chi connectivity index (χ0n) is 11.9. The highest BCUT2D eigenvalue weighted by molar-refractivity contribution is 9.11. The second kappa shape index (κ2) is 6.80. The van der Waals surface area contributed by atoms with Gasteiger partial charge in [0, 0.05) is 33.6 Å². The van der Waals surface area contributed by atoms with Crippen molar-refractivity contribution in [1.82, 2.24) is 10.2 Å². The predicted molar refractivity (Wildman–Crippen MR) is 91.5 cm³/mol. The first-order valence-electron chi connectivity index (χ1n) is 7.62. The van der Waals surface area contributed by atoms with Crippen molar-refractivity contribution in [2.75, 3.05) is 19.6 Å². The lowest BCUT2D eigenvalue weighted by Gasteiger charge is -2.36. The Labute approximate surface area is 142 Å². The summed E-state index contributed by atoms with van der Waals surface area (Å²) in [6, 6.07) is 6.38. The third-order valence-corrected chi connectivity index (χ3v) is 5.44. The second-order valence-electron chi connectivity index (χ2n) is 6.01. The molecule has 2 fully saturated rings. The first kappa shape index (κ1) is 15.5. The Morgan fingerprint density at radius 3 is 2.57 bits per heavy atom. The lowest BCUT2D eigenvalue weighted by Crippen LogP contribution is -2.45. The summed E-state index contributed by atoms with van der Waals surface area (Å²) >= 11 is 6.92. The summed E-state index contributed by atoms with van der Waals surface area (Å²) in [5, 5.41) is 3.59. The number of piperidine rings is 1. The number of carbonyl (C=O) groups is 1. The van der Waals surface area contributed by atoms with Gasteiger partial charge < -0.3 is 10.2 Å². The average molecular weight is 416 g/mol. The molecule has 0 aromatic heterocycles. The molecule has 3 rings (SSSR count). The van der Waals surface area contributed by atoms with E-state index in [4.69, 9.17) is 0 Å². The molecule has 0 aliphatic carbocycles. The van der Waals surface area contributed by atoms with Gasteiger partial charge in [0.2, 0.25) is 0 Å². The molecule has 1 amide bonds. The summed E-state index contributed by atoms with van der Waals surface area (Å²) in [6.45, 7) is 2.90. The highest BCUT2D eigenvalue weighted by Crippen LogP contribution is 2.27. The maximum Gasteiger partial charge on any atom is 0.253 e. The average Bonchev–Trinajstić information content (AvgIpc) is 3.00. The van der Waals surface area contributed by atoms with Crippen LogP contribution in [0, 0.1) is 5.92 Å². The predicted octanol–water partition coefficient (Wildman–Crippen LogP) is 3.82. The van der Waals surface area contributed by atoms with Crippen LogP contribution < -0.4 is 5.32 Å². The van der Waals surface area contributed by atoms with Crippen molar-refractivity contribution in [1.29, 1.82) is 0 Å². The maximum atomic E-state index is 12.7. The standard InChI is InChI=1S/C16H20Br2N2O/c17-13-7-12(8-14(18)9-13)16(21)20-6-2-3-11(10-20)15-4-1-5-19-15/h7-9,11,15,19H,1-6,10H2. The van der Waals surface area contributed by atoms with E-state index in [-0.39, 0.29) is 5.91 Å². The molecule has 0 bridgehead atoms. The van der Waals surface area contributed by atoms with Crippen LogP contribution in [-0.4, -0.2) is 36.5 Å². The number of benzene rings is 1. The van der Waals surface area contributed by atoms with Gasteiger partial charge >= 0.3 is 0 Å². The minimum atomic E-state index is 0.152. The molecule has 1 N–H and O–H groups in total. The van der Waals surface area contributed by atoms with Gasteiger partial charge in [-0.3, -0.25) is 4.79 Å². The molecule has 21 heavy (non-hydrogen) atoms. The fourth-order valence-electron chi connectivity index (χ4n) is 3.50. The molecular formula is C16H20Br2N2O. The molecule has 0 radical (unpaired) electrons. The van der Waals surface area contributed by atoms with Gasteiger partial charge in [-0.1, -0.05) is 31.9 Å². The van der Waals surface area contributed by atoms with Crippen LogP contribution in [0.5, 0.6) is 0 Å². The molecule has 2 saturated heterocycles. The second-order valence-corrected chi connectivity index (χ2v) is 7.85. The monoisotopic (exact) mass is 414 g/mol. The van der Waals surface area contributed by atoms with Gasteiger partial charge in [0.15, 0.2) is 0 Å². The number of hydrogen-bond acceptors (Lipinski definition) is 2. The van der Waals surface area contributed by atoms with Gasteiger partial charge in [-0.15, -0.1) is 0 Å². The molecule has 2 atom stereocenters. The van der Waals surface area contributed by atoms with Crippen LogP contribution in [0.3, 0.4) is 0 Å². The lowest BCUT2D eigenvalue weighted by atomic mass is 9.89. The number of likely N-dealkylation sites (tertiary alicyclic amines) is 1. The van der Waals surface area contributed by atoms with Crippen LogP contribution in [0.4, 0.5) is 0 Å². The molecule has 1 aromatic rings. The van der Waals surface area contributed by atoms with E-state index in [1.165, 1.54) is 19.3 Å². The zero-order chi connectivity index (χ0) is 14.8. The van der Waals surface area contributed by atoms with E-state index in [1.807, 2.05) is 23.1 Å². The quantitative estimate of drug-likeness (QED) is 0.796. The van der Waals surface area contributed by atoms with Crippen molar-refractivity contribution in [2.45, 2.75) is 31.7 Å². The summed E-state index contributed by atoms with van der Waals surface area (Å²) in [7, 11) is 0. The summed E-state index contributed by atoms with van der Waals surface area (Å²) in [4.78, 5) is 14.8. The Hall–Kier alpha value is -0.390. The fourth-order valence-corrected chi connectivity index (χ4v) is 4.79. The van der Waals surface area contributed by atoms with Gasteiger partial charge in [0.25, 0.3) is 5.91 Å². The summed E-state index contributed by atoms with van der Waals surface area (Å²) in [6.07, 6.45) is 4.89. The first-order valence-corrected chi connectivity index (χ1v) is 9.21. The molecule has 114 valence electrons. The molecule has 2 unspecified atom stereocenters. The van der Waals surface area contributed by atoms with E-state index in [1.54, 1.807) is 0 Å². The van der Waals surface area contributed by atoms with E-state index in [0.717, 1.165) is 40.6 Å². The van der Waals surface area contributed by atoms with Crippen molar-refractivity contribution in [3.63, 3.8) is 0 Å². The van der Waals surface area contributed by atoms with Crippen LogP contribution in [0.2, 0.25) is 0 Å². The minimum absolute atomic E-state index is 0.152. The van der Waals surface area contributed by atoms with Gasteiger partial charge in [0.05, 0.1) is 0 Å². The van der Waals surface area contributed by atoms with Crippen molar-refractivity contribution in [3.05, 3.63) is 32.7 Å². The molecule has 5 heteroatoms. The summed E-state index contributed by atoms with van der Waals surface area (Å²) in [5.74, 6) is 0.764. The third kappa shape index (κ3) is 3.69. The number of nitrogens with one attached hydrogen (secondary N) is 1. The molecule has 1 aromatic carbocycles. The lowest BCUT2D eigenvalue weighted by molar-refractivity contribution is 0.0651. The van der Waals surface area contributed by atoms with Crippen molar-refractivity contribution < 1.29 is 4.79 Å². The van der Waals surface area contributed by atoms with E-state index >= 15 is 0 Å². The Morgan fingerprint density at radius 1 is 1.14 bits per heavy atom. The van der Waals surface area contributed by atoms with Gasteiger partial charge in [-0.2, -0.15) is 0 Å². The van der Waals surface area contributed by atoms with Crippen molar-refractivity contribution in [2.24, 2.45) is 5.92 Å². The highest BCUT2D eigenvalue weighted by atomic mass is 79.9. The van der Waals surface area contributed by atoms with Crippen LogP contribution in [0.25, 0.3) is 0 Å². The van der Waals surface area contributed by atoms with Crippen molar-refractivity contribution in [3.8, 4) is 0 Å². The molecule has 2 heterocycles. The van der Waals surface area contributed by atoms with E-state index in [2.05, 4.69) is 37.2 Å². The largest absolute Gasteiger partial charge is 0.338 e. The molecule has 0 saturated carbocycles. The van der Waals surface area contributed by atoms with Crippen LogP contribution >= 0.6 is 31.9 Å². The van der Waals surface area contributed by atoms with E-state index < -0.39 is 0 Å². The Morgan fingerprint density at radius 2 is 1.90 bits per heavy atom. The molecule has 2 aliphatic heterocycles.